The monoisotopic (exact) mass is 280 g/mol. The van der Waals surface area contributed by atoms with Gasteiger partial charge in [0.2, 0.25) is 0 Å². The van der Waals surface area contributed by atoms with Crippen LogP contribution in [-0.2, 0) is 4.79 Å². The van der Waals surface area contributed by atoms with E-state index >= 15 is 0 Å². The number of hydrogen-bond donors (Lipinski definition) is 1. The van der Waals surface area contributed by atoms with Crippen molar-refractivity contribution in [2.75, 3.05) is 19.3 Å². The molecule has 0 bridgehead atoms. The van der Waals surface area contributed by atoms with E-state index in [0.717, 1.165) is 0 Å². The van der Waals surface area contributed by atoms with E-state index in [4.69, 9.17) is 5.11 Å². The van der Waals surface area contributed by atoms with Crippen LogP contribution in [0.5, 0.6) is 0 Å². The molecule has 1 fully saturated rings. The maximum Gasteiger partial charge on any atom is 0.308 e. The molecule has 1 aromatic heterocycles. The van der Waals surface area contributed by atoms with E-state index in [9.17, 15) is 9.59 Å². The van der Waals surface area contributed by atoms with E-state index in [0.29, 0.717) is 17.1 Å². The van der Waals surface area contributed by atoms with Gasteiger partial charge in [0.15, 0.2) is 0 Å². The fourth-order valence-electron chi connectivity index (χ4n) is 2.34. The van der Waals surface area contributed by atoms with Gasteiger partial charge in [0.05, 0.1) is 11.5 Å². The molecule has 0 unspecified atom stereocenters. The van der Waals surface area contributed by atoms with Crippen molar-refractivity contribution in [1.29, 1.82) is 0 Å². The van der Waals surface area contributed by atoms with Gasteiger partial charge in [0, 0.05) is 19.3 Å². The smallest absolute Gasteiger partial charge is 0.308 e. The van der Waals surface area contributed by atoms with Gasteiger partial charge in [0.1, 0.15) is 5.03 Å². The van der Waals surface area contributed by atoms with Gasteiger partial charge in [-0.1, -0.05) is 6.92 Å². The zero-order chi connectivity index (χ0) is 14.0. The van der Waals surface area contributed by atoms with E-state index in [2.05, 4.69) is 4.98 Å². The first-order valence-corrected chi connectivity index (χ1v) is 7.28. The molecule has 0 aliphatic carbocycles. The highest BCUT2D eigenvalue weighted by molar-refractivity contribution is 7.98. The number of aliphatic carboxylic acids is 1. The summed E-state index contributed by atoms with van der Waals surface area (Å²) in [5, 5.41) is 9.78. The first-order chi connectivity index (χ1) is 9.04. The molecule has 1 aliphatic heterocycles. The molecule has 2 rings (SSSR count). The lowest BCUT2D eigenvalue weighted by atomic mass is 9.99. The highest BCUT2D eigenvalue weighted by Gasteiger charge is 2.37. The third kappa shape index (κ3) is 2.73. The van der Waals surface area contributed by atoms with Crippen molar-refractivity contribution >= 4 is 23.6 Å². The molecule has 0 aromatic carbocycles. The second-order valence-corrected chi connectivity index (χ2v) is 5.49. The SMILES string of the molecule is CSc1ncccc1C(=O)N1C[C@@H](C)[C@H](C(=O)O)C1. The average molecular weight is 280 g/mol. The van der Waals surface area contributed by atoms with E-state index in [1.54, 1.807) is 23.2 Å². The van der Waals surface area contributed by atoms with Gasteiger partial charge in [-0.15, -0.1) is 11.8 Å². The quantitative estimate of drug-likeness (QED) is 0.852. The Bertz CT molecular complexity index is 506. The Kier molecular flexibility index (Phi) is 4.09. The zero-order valence-corrected chi connectivity index (χ0v) is 11.7. The van der Waals surface area contributed by atoms with Crippen LogP contribution >= 0.6 is 11.8 Å². The van der Waals surface area contributed by atoms with Crippen LogP contribution in [0.2, 0.25) is 0 Å². The van der Waals surface area contributed by atoms with Gasteiger partial charge >= 0.3 is 5.97 Å². The first-order valence-electron chi connectivity index (χ1n) is 6.05. The molecule has 0 spiro atoms. The number of pyridine rings is 1. The number of carbonyl (C=O) groups excluding carboxylic acids is 1. The fraction of sp³-hybridized carbons (Fsp3) is 0.462. The molecule has 19 heavy (non-hydrogen) atoms. The number of carboxylic acid groups (broad SMARTS) is 1. The summed E-state index contributed by atoms with van der Waals surface area (Å²) in [4.78, 5) is 29.3. The fourth-order valence-corrected chi connectivity index (χ4v) is 2.88. The molecule has 2 atom stereocenters. The number of nitrogens with zero attached hydrogens (tertiary/aromatic N) is 2. The number of aromatic nitrogens is 1. The van der Waals surface area contributed by atoms with Gasteiger partial charge in [-0.3, -0.25) is 9.59 Å². The molecule has 1 N–H and O–H groups in total. The third-order valence-electron chi connectivity index (χ3n) is 3.41. The number of carbonyl (C=O) groups is 2. The molecule has 6 heteroatoms. The highest BCUT2D eigenvalue weighted by Crippen LogP contribution is 2.26. The molecule has 102 valence electrons. The molecule has 1 amide bonds. The molecule has 0 radical (unpaired) electrons. The maximum atomic E-state index is 12.4. The zero-order valence-electron chi connectivity index (χ0n) is 10.9. The Morgan fingerprint density at radius 2 is 2.21 bits per heavy atom. The largest absolute Gasteiger partial charge is 0.481 e. The van der Waals surface area contributed by atoms with Gasteiger partial charge in [-0.2, -0.15) is 0 Å². The van der Waals surface area contributed by atoms with Gasteiger partial charge in [-0.05, 0) is 24.3 Å². The first kappa shape index (κ1) is 13.9. The highest BCUT2D eigenvalue weighted by atomic mass is 32.2. The summed E-state index contributed by atoms with van der Waals surface area (Å²) in [5.41, 5.74) is 0.549. The number of thioether (sulfide) groups is 1. The Morgan fingerprint density at radius 3 is 2.79 bits per heavy atom. The van der Waals surface area contributed by atoms with Gasteiger partial charge in [-0.25, -0.2) is 4.98 Å². The predicted molar refractivity (Wildman–Crippen MR) is 72.2 cm³/mol. The Balaban J connectivity index is 2.19. The van der Waals surface area contributed by atoms with Crippen LogP contribution in [0.4, 0.5) is 0 Å². The van der Waals surface area contributed by atoms with Crippen molar-refractivity contribution in [3.63, 3.8) is 0 Å². The van der Waals surface area contributed by atoms with Crippen LogP contribution in [-0.4, -0.2) is 46.2 Å². The van der Waals surface area contributed by atoms with Gasteiger partial charge < -0.3 is 10.0 Å². The molecule has 2 heterocycles. The molecular formula is C13H16N2O3S. The molecule has 1 aliphatic rings. The second-order valence-electron chi connectivity index (χ2n) is 4.69. The van der Waals surface area contributed by atoms with Crippen molar-refractivity contribution in [2.45, 2.75) is 11.9 Å². The van der Waals surface area contributed by atoms with Crippen molar-refractivity contribution in [1.82, 2.24) is 9.88 Å². The molecule has 0 saturated carbocycles. The van der Waals surface area contributed by atoms with E-state index in [1.165, 1.54) is 11.8 Å². The normalized spacial score (nSPS) is 22.5. The van der Waals surface area contributed by atoms with Crippen LogP contribution in [0.25, 0.3) is 0 Å². The Morgan fingerprint density at radius 1 is 1.47 bits per heavy atom. The minimum Gasteiger partial charge on any atom is -0.481 e. The van der Waals surface area contributed by atoms with Crippen LogP contribution in [0.1, 0.15) is 17.3 Å². The maximum absolute atomic E-state index is 12.4. The van der Waals surface area contributed by atoms with E-state index in [-0.39, 0.29) is 18.4 Å². The standard InChI is InChI=1S/C13H16N2O3S/c1-8-6-15(7-10(8)13(17)18)12(16)9-4-3-5-14-11(9)19-2/h3-5,8,10H,6-7H2,1-2H3,(H,17,18)/t8-,10-/m1/s1. The molecular weight excluding hydrogens is 264 g/mol. The summed E-state index contributed by atoms with van der Waals surface area (Å²) < 4.78 is 0. The lowest BCUT2D eigenvalue weighted by Crippen LogP contribution is -2.30. The number of amides is 1. The molecule has 1 saturated heterocycles. The summed E-state index contributed by atoms with van der Waals surface area (Å²) in [5.74, 6) is -1.46. The Labute approximate surface area is 116 Å². The molecule has 1 aromatic rings. The topological polar surface area (TPSA) is 70.5 Å². The van der Waals surface area contributed by atoms with Crippen LogP contribution in [0.15, 0.2) is 23.4 Å². The number of rotatable bonds is 3. The van der Waals surface area contributed by atoms with Crippen molar-refractivity contribution in [3.05, 3.63) is 23.9 Å². The summed E-state index contributed by atoms with van der Waals surface area (Å²) in [6, 6.07) is 3.46. The van der Waals surface area contributed by atoms with Crippen LogP contribution in [0.3, 0.4) is 0 Å². The van der Waals surface area contributed by atoms with Gasteiger partial charge in [0.25, 0.3) is 5.91 Å². The van der Waals surface area contributed by atoms with Crippen molar-refractivity contribution < 1.29 is 14.7 Å². The van der Waals surface area contributed by atoms with Crippen LogP contribution in [0, 0.1) is 11.8 Å². The summed E-state index contributed by atoms with van der Waals surface area (Å²) >= 11 is 1.42. The summed E-state index contributed by atoms with van der Waals surface area (Å²) in [7, 11) is 0. The summed E-state index contributed by atoms with van der Waals surface area (Å²) in [6.07, 6.45) is 3.51. The lowest BCUT2D eigenvalue weighted by molar-refractivity contribution is -0.142. The second kappa shape index (κ2) is 5.61. The minimum atomic E-state index is -0.834. The minimum absolute atomic E-state index is 0.0177. The predicted octanol–water partition coefficient (Wildman–Crippen LogP) is 1.60. The summed E-state index contributed by atoms with van der Waals surface area (Å²) in [6.45, 7) is 2.63. The number of hydrogen-bond acceptors (Lipinski definition) is 4. The lowest BCUT2D eigenvalue weighted by Gasteiger charge is -2.17. The Hall–Kier alpha value is -1.56. The number of likely N-dealkylation sites (tertiary alicyclic amines) is 1. The van der Waals surface area contributed by atoms with Crippen LogP contribution < -0.4 is 0 Å². The van der Waals surface area contributed by atoms with E-state index < -0.39 is 11.9 Å². The van der Waals surface area contributed by atoms with E-state index in [1.807, 2.05) is 13.2 Å². The average Bonchev–Trinajstić information content (AvgIpc) is 2.80. The number of carboxylic acids is 1. The van der Waals surface area contributed by atoms with Crippen molar-refractivity contribution in [2.24, 2.45) is 11.8 Å². The third-order valence-corrected chi connectivity index (χ3v) is 4.12. The molecule has 5 nitrogen and oxygen atoms in total. The van der Waals surface area contributed by atoms with Crippen molar-refractivity contribution in [3.8, 4) is 0 Å².